The Morgan fingerprint density at radius 2 is 2.08 bits per heavy atom. The van der Waals surface area contributed by atoms with E-state index in [0.717, 1.165) is 51.6 Å². The molecular formula is C26H34FN3O6. The molecule has 6 rings (SSSR count). The van der Waals surface area contributed by atoms with Gasteiger partial charge in [-0.15, -0.1) is 0 Å². The molecule has 2 bridgehead atoms. The minimum Gasteiger partial charge on any atom is -0.478 e. The van der Waals surface area contributed by atoms with Gasteiger partial charge in [0, 0.05) is 24.7 Å². The van der Waals surface area contributed by atoms with Crippen LogP contribution in [0.4, 0.5) is 9.18 Å². The molecule has 3 saturated heterocycles. The number of carboxylic acid groups (broad SMARTS) is 1. The van der Waals surface area contributed by atoms with Crippen molar-refractivity contribution >= 4 is 17.1 Å². The van der Waals surface area contributed by atoms with Crippen molar-refractivity contribution in [3.8, 4) is 5.88 Å². The van der Waals surface area contributed by atoms with Gasteiger partial charge in [-0.1, -0.05) is 0 Å². The number of carbonyl (C=O) groups is 1. The summed E-state index contributed by atoms with van der Waals surface area (Å²) in [6, 6.07) is 3.55. The van der Waals surface area contributed by atoms with E-state index in [1.807, 2.05) is 0 Å². The molecule has 10 heteroatoms. The number of halogens is 1. The quantitative estimate of drug-likeness (QED) is 0.460. The van der Waals surface area contributed by atoms with Crippen molar-refractivity contribution in [1.82, 2.24) is 15.3 Å². The molecular weight excluding hydrogens is 469 g/mol. The lowest BCUT2D eigenvalue weighted by Gasteiger charge is -2.53. The lowest BCUT2D eigenvalue weighted by molar-refractivity contribution is -0.163. The van der Waals surface area contributed by atoms with E-state index in [4.69, 9.17) is 24.1 Å². The average molecular weight is 504 g/mol. The highest BCUT2D eigenvalue weighted by Gasteiger charge is 2.50. The van der Waals surface area contributed by atoms with Crippen LogP contribution in [0.25, 0.3) is 11.0 Å². The van der Waals surface area contributed by atoms with Crippen LogP contribution in [0, 0.1) is 5.82 Å². The number of nitrogens with zero attached hydrogens (tertiary/aromatic N) is 2. The normalized spacial score (nSPS) is 27.8. The maximum atomic E-state index is 14.9. The maximum Gasteiger partial charge on any atom is 0.405 e. The van der Waals surface area contributed by atoms with Gasteiger partial charge in [0.05, 0.1) is 48.2 Å². The monoisotopic (exact) mass is 503 g/mol. The molecule has 0 radical (unpaired) electrons. The molecule has 196 valence electrons. The Labute approximate surface area is 209 Å². The van der Waals surface area contributed by atoms with Crippen LogP contribution in [-0.4, -0.2) is 65.0 Å². The van der Waals surface area contributed by atoms with E-state index in [2.05, 4.69) is 15.3 Å². The highest BCUT2D eigenvalue weighted by molar-refractivity contribution is 5.78. The molecule has 36 heavy (non-hydrogen) atoms. The number of pyridine rings is 2. The first kappa shape index (κ1) is 25.1. The Kier molecular flexibility index (Phi) is 7.55. The number of rotatable bonds is 10. The highest BCUT2D eigenvalue weighted by Crippen LogP contribution is 2.46. The largest absolute Gasteiger partial charge is 0.478 e. The summed E-state index contributed by atoms with van der Waals surface area (Å²) in [5, 5.41) is 11.8. The molecule has 2 aromatic rings. The van der Waals surface area contributed by atoms with Gasteiger partial charge in [0.15, 0.2) is 6.29 Å². The van der Waals surface area contributed by atoms with Crippen molar-refractivity contribution in [3.05, 3.63) is 29.7 Å². The Hall–Kier alpha value is -2.56. The molecule has 4 aliphatic rings. The number of ether oxygens (including phenoxy) is 4. The third kappa shape index (κ3) is 5.71. The summed E-state index contributed by atoms with van der Waals surface area (Å²) < 4.78 is 38.2. The summed E-state index contributed by atoms with van der Waals surface area (Å²) in [5.41, 5.74) is 0.772. The van der Waals surface area contributed by atoms with Crippen LogP contribution in [0.1, 0.15) is 63.4 Å². The predicted octanol–water partition coefficient (Wildman–Crippen LogP) is 4.36. The Morgan fingerprint density at radius 1 is 1.22 bits per heavy atom. The second kappa shape index (κ2) is 10.8. The summed E-state index contributed by atoms with van der Waals surface area (Å²) in [6.07, 6.45) is 8.00. The fourth-order valence-electron chi connectivity index (χ4n) is 5.52. The van der Waals surface area contributed by atoms with Gasteiger partial charge in [-0.05, 0) is 63.9 Å². The minimum absolute atomic E-state index is 0.115. The zero-order chi connectivity index (χ0) is 25.0. The number of fused-ring (bicyclic) bond motifs is 4. The molecule has 9 nitrogen and oxygen atoms in total. The Morgan fingerprint density at radius 3 is 2.81 bits per heavy atom. The fraction of sp³-hybridized carbons (Fsp3) is 0.654. The minimum atomic E-state index is -1.02. The first-order valence-corrected chi connectivity index (χ1v) is 12.9. The van der Waals surface area contributed by atoms with Crippen molar-refractivity contribution in [2.24, 2.45) is 0 Å². The number of hydrogen-bond acceptors (Lipinski definition) is 7. The van der Waals surface area contributed by atoms with Crippen molar-refractivity contribution in [2.75, 3.05) is 26.4 Å². The summed E-state index contributed by atoms with van der Waals surface area (Å²) in [7, 11) is 0. The van der Waals surface area contributed by atoms with Crippen LogP contribution in [-0.2, 0) is 20.6 Å². The molecule has 2 aromatic heterocycles. The van der Waals surface area contributed by atoms with Crippen LogP contribution in [0.3, 0.4) is 0 Å². The van der Waals surface area contributed by atoms with Gasteiger partial charge >= 0.3 is 6.09 Å². The topological polar surface area (TPSA) is 112 Å². The highest BCUT2D eigenvalue weighted by atomic mass is 19.1. The molecule has 0 spiro atoms. The van der Waals surface area contributed by atoms with Gasteiger partial charge in [-0.25, -0.2) is 14.2 Å². The number of aryl methyl sites for hydroxylation is 1. The van der Waals surface area contributed by atoms with Crippen molar-refractivity contribution < 1.29 is 33.2 Å². The van der Waals surface area contributed by atoms with E-state index in [-0.39, 0.29) is 11.9 Å². The van der Waals surface area contributed by atoms with Crippen LogP contribution in [0.15, 0.2) is 18.3 Å². The average Bonchev–Trinajstić information content (AvgIpc) is 2.89. The van der Waals surface area contributed by atoms with E-state index in [9.17, 15) is 9.18 Å². The van der Waals surface area contributed by atoms with Gasteiger partial charge in [0.25, 0.3) is 0 Å². The summed E-state index contributed by atoms with van der Waals surface area (Å²) in [5.74, 6) is 0.0392. The Bertz CT molecular complexity index is 1050. The smallest absolute Gasteiger partial charge is 0.405 e. The number of nitrogens with one attached hydrogen (secondary N) is 1. The van der Waals surface area contributed by atoms with Crippen LogP contribution >= 0.6 is 0 Å². The second-order valence-electron chi connectivity index (χ2n) is 10.2. The van der Waals surface area contributed by atoms with E-state index >= 15 is 0 Å². The van der Waals surface area contributed by atoms with Gasteiger partial charge < -0.3 is 29.4 Å². The maximum absolute atomic E-state index is 14.9. The SMILES string of the molecule is O=C(O)NC12CCC(CCc3c(F)cnc4ccc(OCCCOC5CCCCO5)nc34)(CC1)OC2. The van der Waals surface area contributed by atoms with Gasteiger partial charge in [0.1, 0.15) is 5.82 Å². The summed E-state index contributed by atoms with van der Waals surface area (Å²) in [6.45, 7) is 2.09. The van der Waals surface area contributed by atoms with E-state index in [1.165, 1.54) is 6.20 Å². The van der Waals surface area contributed by atoms with Crippen LogP contribution in [0.2, 0.25) is 0 Å². The first-order valence-electron chi connectivity index (χ1n) is 12.9. The molecule has 0 aromatic carbocycles. The molecule has 1 aliphatic carbocycles. The Balaban J connectivity index is 1.18. The standard InChI is InChI=1S/C26H34FN3O6/c27-19-16-28-20-5-6-21(33-14-3-15-35-22-4-1-2-13-34-22)29-23(20)18(19)7-8-26-11-9-25(10-12-26,17-36-26)30-24(31)32/h5-6,16,22,30H,1-4,7-15,17H2,(H,31,32). The third-order valence-electron chi connectivity index (χ3n) is 7.70. The van der Waals surface area contributed by atoms with E-state index < -0.39 is 17.4 Å². The van der Waals surface area contributed by atoms with Gasteiger partial charge in [-0.3, -0.25) is 4.98 Å². The fourth-order valence-corrected chi connectivity index (χ4v) is 5.52. The molecule has 1 atom stereocenters. The zero-order valence-electron chi connectivity index (χ0n) is 20.5. The lowest BCUT2D eigenvalue weighted by Crippen LogP contribution is -2.62. The summed E-state index contributed by atoms with van der Waals surface area (Å²) >= 11 is 0. The summed E-state index contributed by atoms with van der Waals surface area (Å²) in [4.78, 5) is 19.9. The molecule has 4 fully saturated rings. The molecule has 5 heterocycles. The zero-order valence-corrected chi connectivity index (χ0v) is 20.5. The number of hydrogen-bond donors (Lipinski definition) is 2. The first-order chi connectivity index (χ1) is 17.5. The molecule has 1 unspecified atom stereocenters. The van der Waals surface area contributed by atoms with E-state index in [0.29, 0.717) is 61.6 Å². The predicted molar refractivity (Wildman–Crippen MR) is 129 cm³/mol. The number of amides is 1. The van der Waals surface area contributed by atoms with Gasteiger partial charge in [-0.2, -0.15) is 0 Å². The molecule has 1 saturated carbocycles. The molecule has 3 aliphatic heterocycles. The van der Waals surface area contributed by atoms with Crippen molar-refractivity contribution in [2.45, 2.75) is 81.6 Å². The van der Waals surface area contributed by atoms with Crippen molar-refractivity contribution in [3.63, 3.8) is 0 Å². The van der Waals surface area contributed by atoms with Gasteiger partial charge in [0.2, 0.25) is 5.88 Å². The second-order valence-corrected chi connectivity index (χ2v) is 10.2. The van der Waals surface area contributed by atoms with Crippen LogP contribution in [0.5, 0.6) is 5.88 Å². The third-order valence-corrected chi connectivity index (χ3v) is 7.70. The molecule has 1 amide bonds. The van der Waals surface area contributed by atoms with Crippen molar-refractivity contribution in [1.29, 1.82) is 0 Å². The molecule has 2 N–H and O–H groups in total. The lowest BCUT2D eigenvalue weighted by atomic mass is 9.69. The van der Waals surface area contributed by atoms with E-state index in [1.54, 1.807) is 12.1 Å². The van der Waals surface area contributed by atoms with Crippen LogP contribution < -0.4 is 10.1 Å². The number of aromatic nitrogens is 2.